The summed E-state index contributed by atoms with van der Waals surface area (Å²) < 4.78 is 16.3. The Bertz CT molecular complexity index is 1050. The van der Waals surface area contributed by atoms with Crippen molar-refractivity contribution in [3.8, 4) is 17.2 Å². The number of nitrogens with one attached hydrogen (secondary N) is 2. The lowest BCUT2D eigenvalue weighted by molar-refractivity contribution is -0.122. The minimum absolute atomic E-state index is 0.313. The van der Waals surface area contributed by atoms with Crippen LogP contribution in [0.4, 0.5) is 11.4 Å². The highest BCUT2D eigenvalue weighted by atomic mass is 16.5. The summed E-state index contributed by atoms with van der Waals surface area (Å²) in [5.74, 6) is 1.06. The number of methoxy groups -OCH3 is 1. The predicted molar refractivity (Wildman–Crippen MR) is 124 cm³/mol. The number of hydrogen-bond donors (Lipinski definition) is 2. The van der Waals surface area contributed by atoms with Gasteiger partial charge < -0.3 is 24.8 Å². The number of carbonyl (C=O) groups excluding carboxylic acids is 2. The number of ether oxygens (including phenoxy) is 3. The van der Waals surface area contributed by atoms with Gasteiger partial charge in [-0.2, -0.15) is 0 Å². The molecule has 1 atom stereocenters. The van der Waals surface area contributed by atoms with Gasteiger partial charge in [-0.3, -0.25) is 9.59 Å². The lowest BCUT2D eigenvalue weighted by atomic mass is 10.1. The minimum atomic E-state index is -0.823. The first-order valence-corrected chi connectivity index (χ1v) is 10.2. The van der Waals surface area contributed by atoms with Crippen molar-refractivity contribution in [3.05, 3.63) is 78.4 Å². The van der Waals surface area contributed by atoms with Crippen LogP contribution >= 0.6 is 0 Å². The zero-order valence-electron chi connectivity index (χ0n) is 18.3. The van der Waals surface area contributed by atoms with Crippen LogP contribution in [0.1, 0.15) is 24.2 Å². The summed E-state index contributed by atoms with van der Waals surface area (Å²) in [5.41, 5.74) is 1.57. The maximum Gasteiger partial charge on any atom is 0.265 e. The molecule has 2 amide bonds. The molecule has 7 heteroatoms. The maximum atomic E-state index is 12.8. The van der Waals surface area contributed by atoms with Crippen molar-refractivity contribution >= 4 is 23.2 Å². The van der Waals surface area contributed by atoms with Crippen molar-refractivity contribution in [2.75, 3.05) is 24.4 Å². The molecule has 32 heavy (non-hydrogen) atoms. The number of carbonyl (C=O) groups is 2. The standard InChI is InChI=1S/C25H26N2O5/c1-4-31-21-15-11-18(12-16-21)26-24(28)17(2)32-23-8-6-5-7-22(23)25(29)27-19-9-13-20(30-3)14-10-19/h5-17H,4H2,1-3H3,(H,26,28)(H,27,29). The van der Waals surface area contributed by atoms with Gasteiger partial charge in [0.05, 0.1) is 19.3 Å². The molecule has 0 aliphatic rings. The van der Waals surface area contributed by atoms with Crippen LogP contribution in [0.2, 0.25) is 0 Å². The van der Waals surface area contributed by atoms with Gasteiger partial charge in [0, 0.05) is 11.4 Å². The van der Waals surface area contributed by atoms with E-state index < -0.39 is 6.10 Å². The van der Waals surface area contributed by atoms with Crippen LogP contribution in [0.15, 0.2) is 72.8 Å². The molecule has 0 spiro atoms. The molecular weight excluding hydrogens is 408 g/mol. The van der Waals surface area contributed by atoms with E-state index in [4.69, 9.17) is 14.2 Å². The van der Waals surface area contributed by atoms with Gasteiger partial charge in [-0.15, -0.1) is 0 Å². The van der Waals surface area contributed by atoms with E-state index in [1.54, 1.807) is 86.8 Å². The zero-order valence-corrected chi connectivity index (χ0v) is 18.3. The first kappa shape index (κ1) is 22.7. The fourth-order valence-corrected chi connectivity index (χ4v) is 2.92. The second-order valence-corrected chi connectivity index (χ2v) is 6.89. The van der Waals surface area contributed by atoms with E-state index in [-0.39, 0.29) is 11.8 Å². The molecule has 1 unspecified atom stereocenters. The molecule has 0 aromatic heterocycles. The van der Waals surface area contributed by atoms with Gasteiger partial charge in [-0.05, 0) is 74.5 Å². The van der Waals surface area contributed by atoms with Crippen molar-refractivity contribution in [3.63, 3.8) is 0 Å². The highest BCUT2D eigenvalue weighted by Gasteiger charge is 2.19. The van der Waals surface area contributed by atoms with Crippen molar-refractivity contribution < 1.29 is 23.8 Å². The fourth-order valence-electron chi connectivity index (χ4n) is 2.92. The summed E-state index contributed by atoms with van der Waals surface area (Å²) in [7, 11) is 1.58. The van der Waals surface area contributed by atoms with Crippen LogP contribution in [0.5, 0.6) is 17.2 Å². The van der Waals surface area contributed by atoms with Crippen LogP contribution in [0.3, 0.4) is 0 Å². The Morgan fingerprint density at radius 1 is 0.844 bits per heavy atom. The Morgan fingerprint density at radius 3 is 2.06 bits per heavy atom. The number of rotatable bonds is 9. The molecule has 2 N–H and O–H groups in total. The van der Waals surface area contributed by atoms with Gasteiger partial charge >= 0.3 is 0 Å². The molecule has 166 valence electrons. The van der Waals surface area contributed by atoms with Crippen LogP contribution in [0, 0.1) is 0 Å². The monoisotopic (exact) mass is 434 g/mol. The first-order chi connectivity index (χ1) is 15.5. The lowest BCUT2D eigenvalue weighted by Gasteiger charge is -2.17. The largest absolute Gasteiger partial charge is 0.497 e. The molecule has 3 aromatic carbocycles. The fraction of sp³-hybridized carbons (Fsp3) is 0.200. The van der Waals surface area contributed by atoms with E-state index in [1.807, 2.05) is 6.92 Å². The van der Waals surface area contributed by atoms with Gasteiger partial charge in [-0.25, -0.2) is 0 Å². The normalized spacial score (nSPS) is 11.2. The first-order valence-electron chi connectivity index (χ1n) is 10.2. The predicted octanol–water partition coefficient (Wildman–Crippen LogP) is 4.75. The molecule has 0 saturated heterocycles. The molecular formula is C25H26N2O5. The van der Waals surface area contributed by atoms with Gasteiger partial charge in [0.25, 0.3) is 11.8 Å². The average molecular weight is 434 g/mol. The number of hydrogen-bond acceptors (Lipinski definition) is 5. The lowest BCUT2D eigenvalue weighted by Crippen LogP contribution is -2.30. The molecule has 0 aliphatic carbocycles. The zero-order chi connectivity index (χ0) is 22.9. The van der Waals surface area contributed by atoms with Gasteiger partial charge in [0.15, 0.2) is 6.10 Å². The number of para-hydroxylation sites is 1. The third-order valence-corrected chi connectivity index (χ3v) is 4.59. The van der Waals surface area contributed by atoms with Gasteiger partial charge in [-0.1, -0.05) is 12.1 Å². The number of amides is 2. The topological polar surface area (TPSA) is 85.9 Å². The van der Waals surface area contributed by atoms with Gasteiger partial charge in [0.1, 0.15) is 17.2 Å². The van der Waals surface area contributed by atoms with E-state index in [9.17, 15) is 9.59 Å². The van der Waals surface area contributed by atoms with E-state index >= 15 is 0 Å². The summed E-state index contributed by atoms with van der Waals surface area (Å²) in [5, 5.41) is 5.62. The van der Waals surface area contributed by atoms with E-state index in [2.05, 4.69) is 10.6 Å². The average Bonchev–Trinajstić information content (AvgIpc) is 2.81. The summed E-state index contributed by atoms with van der Waals surface area (Å²) in [4.78, 5) is 25.4. The van der Waals surface area contributed by atoms with Crippen LogP contribution in [-0.4, -0.2) is 31.6 Å². The third-order valence-electron chi connectivity index (χ3n) is 4.59. The molecule has 0 saturated carbocycles. The second kappa shape index (κ2) is 10.9. The van der Waals surface area contributed by atoms with E-state index in [0.717, 1.165) is 5.75 Å². The molecule has 0 heterocycles. The van der Waals surface area contributed by atoms with Crippen LogP contribution in [0.25, 0.3) is 0 Å². The number of anilines is 2. The minimum Gasteiger partial charge on any atom is -0.497 e. The smallest absolute Gasteiger partial charge is 0.265 e. The molecule has 3 aromatic rings. The van der Waals surface area contributed by atoms with Crippen molar-refractivity contribution in [1.82, 2.24) is 0 Å². The maximum absolute atomic E-state index is 12.8. The highest BCUT2D eigenvalue weighted by molar-refractivity contribution is 6.06. The quantitative estimate of drug-likeness (QED) is 0.508. The highest BCUT2D eigenvalue weighted by Crippen LogP contribution is 2.23. The molecule has 0 fully saturated rings. The molecule has 3 rings (SSSR count). The second-order valence-electron chi connectivity index (χ2n) is 6.89. The summed E-state index contributed by atoms with van der Waals surface area (Å²) in [6, 6.07) is 20.9. The Kier molecular flexibility index (Phi) is 7.70. The van der Waals surface area contributed by atoms with Crippen LogP contribution < -0.4 is 24.8 Å². The Balaban J connectivity index is 1.65. The molecule has 7 nitrogen and oxygen atoms in total. The Labute approximate surface area is 187 Å². The van der Waals surface area contributed by atoms with Crippen molar-refractivity contribution in [2.24, 2.45) is 0 Å². The third kappa shape index (κ3) is 6.01. The van der Waals surface area contributed by atoms with Crippen molar-refractivity contribution in [1.29, 1.82) is 0 Å². The summed E-state index contributed by atoms with van der Waals surface area (Å²) in [6.07, 6.45) is -0.823. The van der Waals surface area contributed by atoms with E-state index in [0.29, 0.717) is 35.0 Å². The number of benzene rings is 3. The summed E-state index contributed by atoms with van der Waals surface area (Å²) in [6.45, 7) is 4.11. The van der Waals surface area contributed by atoms with Crippen molar-refractivity contribution in [2.45, 2.75) is 20.0 Å². The molecule has 0 radical (unpaired) electrons. The Hall–Kier alpha value is -4.00. The van der Waals surface area contributed by atoms with Gasteiger partial charge in [0.2, 0.25) is 0 Å². The summed E-state index contributed by atoms with van der Waals surface area (Å²) >= 11 is 0. The SMILES string of the molecule is CCOc1ccc(NC(=O)C(C)Oc2ccccc2C(=O)Nc2ccc(OC)cc2)cc1. The van der Waals surface area contributed by atoms with E-state index in [1.165, 1.54) is 0 Å². The molecule has 0 aliphatic heterocycles. The Morgan fingerprint density at radius 2 is 1.44 bits per heavy atom. The van der Waals surface area contributed by atoms with Crippen LogP contribution in [-0.2, 0) is 4.79 Å². The molecule has 0 bridgehead atoms.